The lowest BCUT2D eigenvalue weighted by Gasteiger charge is -2.31. The van der Waals surface area contributed by atoms with Gasteiger partial charge in [-0.15, -0.1) is 0 Å². The minimum atomic E-state index is -0.367. The molecule has 2 aromatic carbocycles. The highest BCUT2D eigenvalue weighted by Gasteiger charge is 2.45. The highest BCUT2D eigenvalue weighted by atomic mass is 16.5. The van der Waals surface area contributed by atoms with Crippen molar-refractivity contribution < 1.29 is 19.2 Å². The Morgan fingerprint density at radius 1 is 1.12 bits per heavy atom. The average molecular weight is 441 g/mol. The predicted molar refractivity (Wildman–Crippen MR) is 129 cm³/mol. The van der Waals surface area contributed by atoms with Crippen LogP contribution in [0.25, 0.3) is 16.5 Å². The SMILES string of the molecule is COc1ccc2c(c1)C(C)(C)C(/C=C1/C(=O)C(c3c(C)n(C)c4ccc(C)cc34)=C1[O-])=[N+]2C. The molecule has 168 valence electrons. The van der Waals surface area contributed by atoms with Gasteiger partial charge in [0.05, 0.1) is 12.5 Å². The third kappa shape index (κ3) is 2.78. The number of Topliss-reactive ketones (excluding diaryl/α,β-unsaturated/α-hetero) is 1. The lowest BCUT2D eigenvalue weighted by Crippen LogP contribution is -2.33. The number of methoxy groups -OCH3 is 1. The van der Waals surface area contributed by atoms with E-state index in [9.17, 15) is 9.90 Å². The van der Waals surface area contributed by atoms with Gasteiger partial charge >= 0.3 is 0 Å². The van der Waals surface area contributed by atoms with E-state index in [1.54, 1.807) is 13.2 Å². The molecule has 2 heterocycles. The quantitative estimate of drug-likeness (QED) is 0.455. The molecule has 1 aromatic heterocycles. The maximum atomic E-state index is 13.4. The van der Waals surface area contributed by atoms with E-state index in [1.165, 1.54) is 0 Å². The summed E-state index contributed by atoms with van der Waals surface area (Å²) in [6.07, 6.45) is 1.78. The minimum Gasteiger partial charge on any atom is -0.871 e. The number of rotatable bonds is 3. The van der Waals surface area contributed by atoms with Gasteiger partial charge in [0, 0.05) is 58.1 Å². The van der Waals surface area contributed by atoms with Crippen molar-refractivity contribution in [2.24, 2.45) is 7.05 Å². The van der Waals surface area contributed by atoms with Gasteiger partial charge in [0.25, 0.3) is 0 Å². The molecule has 5 heteroatoms. The largest absolute Gasteiger partial charge is 0.871 e. The molecule has 0 saturated carbocycles. The van der Waals surface area contributed by atoms with Gasteiger partial charge in [0.2, 0.25) is 5.69 Å². The Morgan fingerprint density at radius 2 is 1.85 bits per heavy atom. The van der Waals surface area contributed by atoms with Crippen molar-refractivity contribution in [2.45, 2.75) is 33.1 Å². The highest BCUT2D eigenvalue weighted by molar-refractivity contribution is 6.41. The Bertz CT molecular complexity index is 1480. The van der Waals surface area contributed by atoms with Gasteiger partial charge in [-0.1, -0.05) is 17.4 Å². The van der Waals surface area contributed by atoms with Crippen molar-refractivity contribution in [1.29, 1.82) is 0 Å². The number of allylic oxidation sites excluding steroid dienone is 3. The summed E-state index contributed by atoms with van der Waals surface area (Å²) in [4.78, 5) is 13.4. The zero-order valence-electron chi connectivity index (χ0n) is 20.2. The molecule has 0 bridgehead atoms. The second-order valence-electron chi connectivity index (χ2n) is 9.58. The molecular weight excluding hydrogens is 412 g/mol. The number of benzene rings is 2. The van der Waals surface area contributed by atoms with Crippen LogP contribution in [0.15, 0.2) is 53.8 Å². The molecule has 0 radical (unpaired) electrons. The summed E-state index contributed by atoms with van der Waals surface area (Å²) in [5, 5.41) is 14.3. The summed E-state index contributed by atoms with van der Waals surface area (Å²) in [5.74, 6) is 0.432. The Kier molecular flexibility index (Phi) is 4.47. The molecule has 5 rings (SSSR count). The van der Waals surface area contributed by atoms with Crippen LogP contribution in [0, 0.1) is 13.8 Å². The van der Waals surface area contributed by atoms with Crippen LogP contribution in [0.2, 0.25) is 0 Å². The Balaban J connectivity index is 1.64. The highest BCUT2D eigenvalue weighted by Crippen LogP contribution is 2.44. The van der Waals surface area contributed by atoms with Gasteiger partial charge in [0.1, 0.15) is 12.8 Å². The number of hydrogen-bond acceptors (Lipinski definition) is 3. The first-order chi connectivity index (χ1) is 15.6. The Labute approximate surface area is 193 Å². The third-order valence-electron chi connectivity index (χ3n) is 7.36. The predicted octanol–water partition coefficient (Wildman–Crippen LogP) is 4.09. The van der Waals surface area contributed by atoms with Gasteiger partial charge < -0.3 is 14.4 Å². The van der Waals surface area contributed by atoms with Crippen LogP contribution in [0.5, 0.6) is 5.75 Å². The van der Waals surface area contributed by atoms with Crippen LogP contribution in [-0.2, 0) is 17.3 Å². The van der Waals surface area contributed by atoms with Crippen molar-refractivity contribution >= 4 is 33.7 Å². The normalized spacial score (nSPS) is 18.4. The summed E-state index contributed by atoms with van der Waals surface area (Å²) in [7, 11) is 5.60. The zero-order chi connectivity index (χ0) is 23.8. The average Bonchev–Trinajstić information content (AvgIpc) is 3.13. The monoisotopic (exact) mass is 440 g/mol. The van der Waals surface area contributed by atoms with Crippen molar-refractivity contribution in [3.63, 3.8) is 0 Å². The molecule has 0 saturated heterocycles. The van der Waals surface area contributed by atoms with E-state index in [1.807, 2.05) is 62.8 Å². The molecule has 0 spiro atoms. The molecule has 0 amide bonds. The number of aromatic nitrogens is 1. The van der Waals surface area contributed by atoms with Gasteiger partial charge in [-0.2, -0.15) is 4.58 Å². The van der Waals surface area contributed by atoms with Gasteiger partial charge in [-0.3, -0.25) is 4.79 Å². The fraction of sp³-hybridized carbons (Fsp3) is 0.286. The van der Waals surface area contributed by atoms with Crippen molar-refractivity contribution in [1.82, 2.24) is 4.57 Å². The minimum absolute atomic E-state index is 0.178. The Hall–Kier alpha value is -3.60. The number of hydrogen-bond donors (Lipinski definition) is 0. The topological polar surface area (TPSA) is 57.3 Å². The van der Waals surface area contributed by atoms with Crippen LogP contribution in [0.3, 0.4) is 0 Å². The van der Waals surface area contributed by atoms with E-state index in [-0.39, 0.29) is 22.5 Å². The molecule has 0 fully saturated rings. The third-order valence-corrected chi connectivity index (χ3v) is 7.36. The molecule has 33 heavy (non-hydrogen) atoms. The van der Waals surface area contributed by atoms with E-state index < -0.39 is 0 Å². The number of ketones is 1. The van der Waals surface area contributed by atoms with Crippen molar-refractivity contribution in [2.75, 3.05) is 14.2 Å². The van der Waals surface area contributed by atoms with Crippen molar-refractivity contribution in [3.05, 3.63) is 76.2 Å². The summed E-state index contributed by atoms with van der Waals surface area (Å²) in [6, 6.07) is 12.1. The van der Waals surface area contributed by atoms with Crippen LogP contribution in [0.1, 0.15) is 36.2 Å². The molecule has 1 aliphatic heterocycles. The summed E-state index contributed by atoms with van der Waals surface area (Å²) < 4.78 is 9.52. The number of nitrogens with zero attached hydrogens (tertiary/aromatic N) is 2. The van der Waals surface area contributed by atoms with Crippen LogP contribution in [0.4, 0.5) is 5.69 Å². The summed E-state index contributed by atoms with van der Waals surface area (Å²) >= 11 is 0. The fourth-order valence-electron chi connectivity index (χ4n) is 5.31. The second-order valence-corrected chi connectivity index (χ2v) is 9.58. The first-order valence-corrected chi connectivity index (χ1v) is 11.1. The molecule has 0 unspecified atom stereocenters. The van der Waals surface area contributed by atoms with Gasteiger partial charge in [0.15, 0.2) is 11.5 Å². The molecule has 1 aliphatic carbocycles. The van der Waals surface area contributed by atoms with Crippen LogP contribution in [-0.4, -0.2) is 34.8 Å². The summed E-state index contributed by atoms with van der Waals surface area (Å²) in [6.45, 7) is 8.20. The van der Waals surface area contributed by atoms with E-state index >= 15 is 0 Å². The van der Waals surface area contributed by atoms with Crippen LogP contribution < -0.4 is 9.84 Å². The molecule has 0 N–H and O–H groups in total. The fourth-order valence-corrected chi connectivity index (χ4v) is 5.31. The van der Waals surface area contributed by atoms with Gasteiger partial charge in [-0.25, -0.2) is 0 Å². The lowest BCUT2D eigenvalue weighted by molar-refractivity contribution is -0.401. The maximum Gasteiger partial charge on any atom is 0.209 e. The number of carbonyl (C=O) groups excluding carboxylic acids is 1. The molecular formula is C28H28N2O3. The van der Waals surface area contributed by atoms with Gasteiger partial charge in [-0.05, 0) is 52.0 Å². The number of fused-ring (bicyclic) bond motifs is 2. The number of carbonyl (C=O) groups is 1. The summed E-state index contributed by atoms with van der Waals surface area (Å²) in [5.41, 5.74) is 7.09. The first-order valence-electron chi connectivity index (χ1n) is 11.1. The molecule has 0 atom stereocenters. The van der Waals surface area contributed by atoms with Crippen molar-refractivity contribution in [3.8, 4) is 5.75 Å². The molecule has 5 nitrogen and oxygen atoms in total. The number of aryl methyl sites for hydroxylation is 2. The van der Waals surface area contributed by atoms with E-state index in [4.69, 9.17) is 4.74 Å². The zero-order valence-corrected chi connectivity index (χ0v) is 20.2. The second kappa shape index (κ2) is 6.95. The molecule has 2 aliphatic rings. The smallest absolute Gasteiger partial charge is 0.209 e. The van der Waals surface area contributed by atoms with Crippen LogP contribution >= 0.6 is 0 Å². The number of ether oxygens (including phenoxy) is 1. The lowest BCUT2D eigenvalue weighted by atomic mass is 9.77. The van der Waals surface area contributed by atoms with E-state index in [0.29, 0.717) is 5.57 Å². The first kappa shape index (κ1) is 21.3. The molecule has 3 aromatic rings. The standard InChI is InChI=1S/C28H28N2O3/c1-15-8-10-21-18(12-15)24(16(2)29(21)5)25-26(31)19(27(25)32)14-23-28(3,4)20-13-17(33-7)9-11-22(20)30(23)6/h8-14H,1-7H3. The van der Waals surface area contributed by atoms with E-state index in [0.717, 1.165) is 50.4 Å². The van der Waals surface area contributed by atoms with E-state index in [2.05, 4.69) is 24.5 Å². The Morgan fingerprint density at radius 3 is 2.52 bits per heavy atom. The maximum absolute atomic E-state index is 13.4.